The molecule has 2 unspecified atom stereocenters. The normalized spacial score (nSPS) is 25.8. The van der Waals surface area contributed by atoms with Crippen molar-refractivity contribution >= 4 is 5.78 Å². The maximum absolute atomic E-state index is 13.6. The van der Waals surface area contributed by atoms with Crippen LogP contribution >= 0.6 is 0 Å². The van der Waals surface area contributed by atoms with Gasteiger partial charge in [-0.1, -0.05) is 79.6 Å². The number of hydrogen-bond donors (Lipinski definition) is 0. The van der Waals surface area contributed by atoms with Crippen LogP contribution in [0.25, 0.3) is 0 Å². The topological polar surface area (TPSA) is 57.2 Å². The molecule has 0 radical (unpaired) electrons. The van der Waals surface area contributed by atoms with Crippen molar-refractivity contribution in [1.82, 2.24) is 4.90 Å². The van der Waals surface area contributed by atoms with Crippen LogP contribution < -0.4 is 9.47 Å². The van der Waals surface area contributed by atoms with Crippen LogP contribution in [0.4, 0.5) is 0 Å². The van der Waals surface area contributed by atoms with Crippen molar-refractivity contribution in [2.45, 2.75) is 75.3 Å². The average Bonchev–Trinajstić information content (AvgIpc) is 3.58. The van der Waals surface area contributed by atoms with E-state index in [2.05, 4.69) is 29.2 Å². The van der Waals surface area contributed by atoms with E-state index in [-0.39, 0.29) is 11.7 Å². The summed E-state index contributed by atoms with van der Waals surface area (Å²) in [6.45, 7) is 1.39. The summed E-state index contributed by atoms with van der Waals surface area (Å²) in [5.74, 6) is 2.08. The van der Waals surface area contributed by atoms with E-state index in [1.165, 1.54) is 31.2 Å². The number of benzene rings is 3. The number of ether oxygens (including phenoxy) is 4. The number of likely N-dealkylation sites (tertiary alicyclic amines) is 1. The molecule has 3 aliphatic carbocycles. The third kappa shape index (κ3) is 5.04. The molecule has 1 saturated heterocycles. The summed E-state index contributed by atoms with van der Waals surface area (Å²) in [6, 6.07) is 25.4. The minimum Gasteiger partial charge on any atom is -0.493 e. The number of carbonyl (C=O) groups is 1. The highest BCUT2D eigenvalue weighted by Crippen LogP contribution is 2.59. The van der Waals surface area contributed by atoms with Crippen molar-refractivity contribution in [2.24, 2.45) is 5.92 Å². The van der Waals surface area contributed by atoms with Crippen molar-refractivity contribution in [3.05, 3.63) is 107 Å². The summed E-state index contributed by atoms with van der Waals surface area (Å²) in [6.07, 6.45) is 8.82. The molecule has 0 amide bonds. The number of rotatable bonds is 9. The lowest BCUT2D eigenvalue weighted by Gasteiger charge is -2.58. The van der Waals surface area contributed by atoms with Gasteiger partial charge in [-0.3, -0.25) is 9.69 Å². The molecule has 3 aromatic carbocycles. The van der Waals surface area contributed by atoms with E-state index in [0.717, 1.165) is 36.1 Å². The molecule has 1 saturated carbocycles. The van der Waals surface area contributed by atoms with Gasteiger partial charge in [0.05, 0.1) is 20.8 Å². The van der Waals surface area contributed by atoms with Crippen LogP contribution in [0.2, 0.25) is 0 Å². The van der Waals surface area contributed by atoms with Crippen molar-refractivity contribution in [2.75, 3.05) is 20.8 Å². The molecule has 2 fully saturated rings. The van der Waals surface area contributed by atoms with Crippen molar-refractivity contribution in [1.29, 1.82) is 0 Å². The van der Waals surface area contributed by atoms with Gasteiger partial charge < -0.3 is 18.9 Å². The zero-order valence-corrected chi connectivity index (χ0v) is 25.2. The Bertz CT molecular complexity index is 1480. The monoisotopic (exact) mass is 579 g/mol. The molecule has 0 aromatic heterocycles. The van der Waals surface area contributed by atoms with E-state index in [1.807, 2.05) is 54.6 Å². The van der Waals surface area contributed by atoms with E-state index in [0.29, 0.717) is 42.4 Å². The fraction of sp³-hybridized carbons (Fsp3) is 0.432. The molecule has 4 aliphatic rings. The summed E-state index contributed by atoms with van der Waals surface area (Å²) in [4.78, 5) is 16.4. The average molecular weight is 580 g/mol. The number of piperidine rings is 1. The zero-order chi connectivity index (χ0) is 29.4. The maximum atomic E-state index is 13.6. The predicted molar refractivity (Wildman–Crippen MR) is 165 cm³/mol. The number of fused-ring (bicyclic) bond motifs is 1. The van der Waals surface area contributed by atoms with Crippen LogP contribution in [0.3, 0.4) is 0 Å². The lowest BCUT2D eigenvalue weighted by molar-refractivity contribution is -0.123. The highest BCUT2D eigenvalue weighted by molar-refractivity contribution is 5.96. The Kier molecular flexibility index (Phi) is 7.74. The molecular formula is C37H41NO5. The molecule has 224 valence electrons. The minimum atomic E-state index is -0.655. The van der Waals surface area contributed by atoms with Crippen molar-refractivity contribution in [3.63, 3.8) is 0 Å². The summed E-state index contributed by atoms with van der Waals surface area (Å²) < 4.78 is 25.1. The smallest absolute Gasteiger partial charge is 0.227 e. The highest BCUT2D eigenvalue weighted by Gasteiger charge is 2.58. The molecular weight excluding hydrogens is 538 g/mol. The van der Waals surface area contributed by atoms with E-state index < -0.39 is 11.7 Å². The number of carbonyl (C=O) groups excluding carboxylic acids is 1. The molecule has 6 nitrogen and oxygen atoms in total. The first-order chi connectivity index (χ1) is 21.1. The molecule has 3 aromatic rings. The van der Waals surface area contributed by atoms with Gasteiger partial charge in [-0.2, -0.15) is 0 Å². The first-order valence-electron chi connectivity index (χ1n) is 15.7. The van der Waals surface area contributed by atoms with Crippen molar-refractivity contribution < 1.29 is 23.7 Å². The molecule has 6 heteroatoms. The largest absolute Gasteiger partial charge is 0.493 e. The van der Waals surface area contributed by atoms with Crippen LogP contribution in [-0.2, 0) is 32.7 Å². The van der Waals surface area contributed by atoms with Gasteiger partial charge in [-0.15, -0.1) is 0 Å². The lowest BCUT2D eigenvalue weighted by atomic mass is 9.53. The quantitative estimate of drug-likeness (QED) is 0.257. The Balaban J connectivity index is 1.33. The van der Waals surface area contributed by atoms with Gasteiger partial charge in [-0.25, -0.2) is 0 Å². The van der Waals surface area contributed by atoms with Gasteiger partial charge >= 0.3 is 0 Å². The minimum absolute atomic E-state index is 0.0633. The summed E-state index contributed by atoms with van der Waals surface area (Å²) in [5.41, 5.74) is 3.97. The van der Waals surface area contributed by atoms with Crippen LogP contribution in [0.1, 0.15) is 67.1 Å². The number of Topliss-reactive ketones (excluding diaryl/α,β-unsaturated/α-hetero) is 1. The van der Waals surface area contributed by atoms with Gasteiger partial charge in [-0.05, 0) is 55.5 Å². The standard InChI is InChI=1S/C37H41NO5/c1-40-32-18-17-27-21-30-29-22-33(41-2)31(39)23-37(29,19-20-38(30)28-15-9-10-16-28)34(27)35(32)43-36(26-13-7-4-8-14-26)42-24-25-11-5-3-6-12-25/h3-8,11-14,17-18,22,28-30,36H,9-10,15-16,19-21,23-24H2,1-2H3/t29?,30-,36?,37+/m0/s1. The molecule has 7 rings (SSSR count). The molecule has 43 heavy (non-hydrogen) atoms. The second-order valence-electron chi connectivity index (χ2n) is 12.5. The third-order valence-electron chi connectivity index (χ3n) is 10.3. The van der Waals surface area contributed by atoms with Gasteiger partial charge in [0.15, 0.2) is 23.0 Å². The summed E-state index contributed by atoms with van der Waals surface area (Å²) >= 11 is 0. The molecule has 1 heterocycles. The van der Waals surface area contributed by atoms with Gasteiger partial charge in [0, 0.05) is 41.0 Å². The predicted octanol–water partition coefficient (Wildman–Crippen LogP) is 6.92. The Hall–Kier alpha value is -3.61. The van der Waals surface area contributed by atoms with Crippen molar-refractivity contribution in [3.8, 4) is 11.5 Å². The third-order valence-corrected chi connectivity index (χ3v) is 10.3. The first-order valence-corrected chi connectivity index (χ1v) is 15.7. The van der Waals surface area contributed by atoms with Crippen LogP contribution in [0.5, 0.6) is 11.5 Å². The van der Waals surface area contributed by atoms with Gasteiger partial charge in [0.2, 0.25) is 6.29 Å². The van der Waals surface area contributed by atoms with E-state index in [4.69, 9.17) is 18.9 Å². The Morgan fingerprint density at radius 2 is 1.67 bits per heavy atom. The number of ketones is 1. The van der Waals surface area contributed by atoms with Crippen LogP contribution in [-0.4, -0.2) is 43.5 Å². The lowest BCUT2D eigenvalue weighted by Crippen LogP contribution is -2.63. The maximum Gasteiger partial charge on any atom is 0.227 e. The fourth-order valence-corrected chi connectivity index (χ4v) is 8.32. The number of hydrogen-bond acceptors (Lipinski definition) is 6. The van der Waals surface area contributed by atoms with Gasteiger partial charge in [0.25, 0.3) is 0 Å². The van der Waals surface area contributed by atoms with Crippen LogP contribution in [0, 0.1) is 5.92 Å². The second-order valence-corrected chi connectivity index (χ2v) is 12.5. The second kappa shape index (κ2) is 11.8. The Labute approximate surface area is 254 Å². The summed E-state index contributed by atoms with van der Waals surface area (Å²) in [7, 11) is 3.31. The highest BCUT2D eigenvalue weighted by atomic mass is 16.7. The van der Waals surface area contributed by atoms with E-state index >= 15 is 0 Å². The molecule has 4 atom stereocenters. The number of nitrogens with zero attached hydrogens (tertiary/aromatic N) is 1. The number of allylic oxidation sites excluding steroid dienone is 1. The zero-order valence-electron chi connectivity index (χ0n) is 25.2. The molecule has 1 aliphatic heterocycles. The number of methoxy groups -OCH3 is 2. The SMILES string of the molecule is COC1=CC2[C@@H]3Cc4ccc(OC)c(OC(OCc5ccccc5)c5ccccc5)c4[C@]2(CCN3C2CCCC2)CC1=O. The summed E-state index contributed by atoms with van der Waals surface area (Å²) in [5, 5.41) is 0. The van der Waals surface area contributed by atoms with E-state index in [1.54, 1.807) is 14.2 Å². The van der Waals surface area contributed by atoms with Gasteiger partial charge in [0.1, 0.15) is 0 Å². The first kappa shape index (κ1) is 28.2. The molecule has 0 spiro atoms. The van der Waals surface area contributed by atoms with Crippen LogP contribution in [0.15, 0.2) is 84.6 Å². The Morgan fingerprint density at radius 3 is 2.40 bits per heavy atom. The molecule has 0 N–H and O–H groups in total. The fourth-order valence-electron chi connectivity index (χ4n) is 8.32. The van der Waals surface area contributed by atoms with E-state index in [9.17, 15) is 4.79 Å². The molecule has 2 bridgehead atoms. The Morgan fingerprint density at radius 1 is 0.930 bits per heavy atom.